The van der Waals surface area contributed by atoms with Gasteiger partial charge in [0, 0.05) is 6.20 Å². The fraction of sp³-hybridized carbons (Fsp3) is 0.0909. The zero-order chi connectivity index (χ0) is 9.54. The Morgan fingerprint density at radius 1 is 1.07 bits per heavy atom. The maximum absolute atomic E-state index is 4.54. The Bertz CT molecular complexity index is 610. The van der Waals surface area contributed by atoms with Crippen molar-refractivity contribution in [1.82, 2.24) is 15.0 Å². The molecule has 0 spiro atoms. The first-order valence-electron chi connectivity index (χ1n) is 4.55. The summed E-state index contributed by atoms with van der Waals surface area (Å²) in [6, 6.07) is 7.90. The van der Waals surface area contributed by atoms with Gasteiger partial charge in [-0.25, -0.2) is 9.97 Å². The molecule has 2 heterocycles. The minimum atomic E-state index is 0.862. The molecule has 0 aliphatic carbocycles. The van der Waals surface area contributed by atoms with E-state index in [1.54, 1.807) is 0 Å². The summed E-state index contributed by atoms with van der Waals surface area (Å²) in [5.41, 5.74) is 4.84. The molecule has 14 heavy (non-hydrogen) atoms. The van der Waals surface area contributed by atoms with Crippen molar-refractivity contribution in [2.24, 2.45) is 0 Å². The van der Waals surface area contributed by atoms with Crippen LogP contribution in [0.3, 0.4) is 0 Å². The Balaban J connectivity index is 2.54. The van der Waals surface area contributed by atoms with Crippen molar-refractivity contribution in [3.05, 3.63) is 36.0 Å². The Labute approximate surface area is 80.8 Å². The quantitative estimate of drug-likeness (QED) is 0.581. The van der Waals surface area contributed by atoms with Crippen LogP contribution in [0.25, 0.3) is 22.2 Å². The molecule has 0 saturated carbocycles. The van der Waals surface area contributed by atoms with E-state index in [2.05, 4.69) is 15.0 Å². The molecule has 0 radical (unpaired) electrons. The third-order valence-electron chi connectivity index (χ3n) is 2.37. The standard InChI is InChI=1S/C11H9N3/c1-7-6-12-11-10(7)13-8-4-2-3-5-9(8)14-11/h2-6H,1H3,(H,12,14). The minimum Gasteiger partial charge on any atom is -0.345 e. The topological polar surface area (TPSA) is 41.6 Å². The van der Waals surface area contributed by atoms with Crippen LogP contribution in [0.1, 0.15) is 5.56 Å². The fourth-order valence-electron chi connectivity index (χ4n) is 1.62. The zero-order valence-electron chi connectivity index (χ0n) is 7.78. The lowest BCUT2D eigenvalue weighted by Gasteiger charge is -1.96. The normalized spacial score (nSPS) is 11.2. The van der Waals surface area contributed by atoms with Crippen molar-refractivity contribution in [1.29, 1.82) is 0 Å². The van der Waals surface area contributed by atoms with Gasteiger partial charge in [-0.2, -0.15) is 0 Å². The first-order valence-corrected chi connectivity index (χ1v) is 4.55. The predicted molar refractivity (Wildman–Crippen MR) is 56.1 cm³/mol. The van der Waals surface area contributed by atoms with Crippen molar-refractivity contribution in [3.63, 3.8) is 0 Å². The average Bonchev–Trinajstić information content (AvgIpc) is 2.57. The second-order valence-corrected chi connectivity index (χ2v) is 3.38. The molecule has 3 nitrogen and oxygen atoms in total. The third kappa shape index (κ3) is 0.923. The van der Waals surface area contributed by atoms with Crippen LogP contribution < -0.4 is 0 Å². The number of aryl methyl sites for hydroxylation is 1. The van der Waals surface area contributed by atoms with E-state index < -0.39 is 0 Å². The van der Waals surface area contributed by atoms with Crippen molar-refractivity contribution >= 4 is 22.2 Å². The number of aromatic nitrogens is 3. The molecule has 3 heteroatoms. The largest absolute Gasteiger partial charge is 0.345 e. The van der Waals surface area contributed by atoms with Gasteiger partial charge in [0.05, 0.1) is 11.0 Å². The first-order chi connectivity index (χ1) is 6.84. The highest BCUT2D eigenvalue weighted by atomic mass is 14.9. The Hall–Kier alpha value is -1.90. The van der Waals surface area contributed by atoms with Gasteiger partial charge >= 0.3 is 0 Å². The molecule has 0 amide bonds. The van der Waals surface area contributed by atoms with Crippen molar-refractivity contribution in [2.45, 2.75) is 6.92 Å². The highest BCUT2D eigenvalue weighted by Gasteiger charge is 2.03. The number of para-hydroxylation sites is 2. The summed E-state index contributed by atoms with van der Waals surface area (Å²) in [4.78, 5) is 12.1. The summed E-state index contributed by atoms with van der Waals surface area (Å²) in [5.74, 6) is 0. The van der Waals surface area contributed by atoms with Crippen LogP contribution in [0.4, 0.5) is 0 Å². The second-order valence-electron chi connectivity index (χ2n) is 3.38. The van der Waals surface area contributed by atoms with Gasteiger partial charge in [-0.15, -0.1) is 0 Å². The molecule has 0 saturated heterocycles. The Morgan fingerprint density at radius 3 is 2.57 bits per heavy atom. The van der Waals surface area contributed by atoms with E-state index >= 15 is 0 Å². The monoisotopic (exact) mass is 183 g/mol. The lowest BCUT2D eigenvalue weighted by Crippen LogP contribution is -1.85. The van der Waals surface area contributed by atoms with Gasteiger partial charge in [0.25, 0.3) is 0 Å². The molecule has 1 N–H and O–H groups in total. The van der Waals surface area contributed by atoms with Crippen LogP contribution >= 0.6 is 0 Å². The van der Waals surface area contributed by atoms with Gasteiger partial charge in [-0.3, -0.25) is 0 Å². The maximum atomic E-state index is 4.54. The van der Waals surface area contributed by atoms with Gasteiger partial charge in [-0.1, -0.05) is 12.1 Å². The van der Waals surface area contributed by atoms with Gasteiger partial charge in [-0.05, 0) is 24.6 Å². The Kier molecular flexibility index (Phi) is 1.36. The van der Waals surface area contributed by atoms with Gasteiger partial charge in [0.1, 0.15) is 5.52 Å². The summed E-state index contributed by atoms with van der Waals surface area (Å²) in [6.07, 6.45) is 1.93. The lowest BCUT2D eigenvalue weighted by molar-refractivity contribution is 1.34. The van der Waals surface area contributed by atoms with Crippen LogP contribution in [0, 0.1) is 6.92 Å². The van der Waals surface area contributed by atoms with E-state index in [1.165, 1.54) is 0 Å². The minimum absolute atomic E-state index is 0.862. The first kappa shape index (κ1) is 7.50. The lowest BCUT2D eigenvalue weighted by atomic mass is 10.3. The van der Waals surface area contributed by atoms with E-state index in [0.717, 1.165) is 27.8 Å². The maximum Gasteiger partial charge on any atom is 0.157 e. The SMILES string of the molecule is Cc1c[nH]c2nc3ccccc3nc12. The second kappa shape index (κ2) is 2.54. The molecule has 0 atom stereocenters. The van der Waals surface area contributed by atoms with E-state index in [9.17, 15) is 0 Å². The number of hydrogen-bond donors (Lipinski definition) is 1. The van der Waals surface area contributed by atoms with Crippen molar-refractivity contribution in [2.75, 3.05) is 0 Å². The van der Waals surface area contributed by atoms with Gasteiger partial charge < -0.3 is 4.98 Å². The molecular formula is C11H9N3. The number of nitrogens with zero attached hydrogens (tertiary/aromatic N) is 2. The molecule has 0 unspecified atom stereocenters. The molecule has 0 fully saturated rings. The summed E-state index contributed by atoms with van der Waals surface area (Å²) in [6.45, 7) is 2.03. The van der Waals surface area contributed by atoms with Gasteiger partial charge in [0.2, 0.25) is 0 Å². The summed E-state index contributed by atoms with van der Waals surface area (Å²) in [7, 11) is 0. The number of benzene rings is 1. The fourth-order valence-corrected chi connectivity index (χ4v) is 1.62. The van der Waals surface area contributed by atoms with Crippen LogP contribution in [0.15, 0.2) is 30.5 Å². The molecule has 0 bridgehead atoms. The summed E-state index contributed by atoms with van der Waals surface area (Å²) < 4.78 is 0. The van der Waals surface area contributed by atoms with Crippen LogP contribution in [0.5, 0.6) is 0 Å². The highest BCUT2D eigenvalue weighted by molar-refractivity contribution is 5.86. The number of hydrogen-bond acceptors (Lipinski definition) is 2. The molecule has 3 rings (SSSR count). The van der Waals surface area contributed by atoms with Crippen molar-refractivity contribution < 1.29 is 0 Å². The molecule has 1 aromatic carbocycles. The van der Waals surface area contributed by atoms with E-state index in [0.29, 0.717) is 0 Å². The van der Waals surface area contributed by atoms with E-state index in [-0.39, 0.29) is 0 Å². The zero-order valence-corrected chi connectivity index (χ0v) is 7.78. The van der Waals surface area contributed by atoms with E-state index in [1.807, 2.05) is 37.4 Å². The number of rotatable bonds is 0. The van der Waals surface area contributed by atoms with E-state index in [4.69, 9.17) is 0 Å². The number of H-pyrrole nitrogens is 1. The summed E-state index contributed by atoms with van der Waals surface area (Å²) in [5, 5.41) is 0. The number of fused-ring (bicyclic) bond motifs is 2. The molecule has 2 aromatic heterocycles. The number of aromatic amines is 1. The molecule has 68 valence electrons. The van der Waals surface area contributed by atoms with Gasteiger partial charge in [0.15, 0.2) is 5.65 Å². The molecule has 3 aromatic rings. The van der Waals surface area contributed by atoms with Crippen LogP contribution in [-0.2, 0) is 0 Å². The third-order valence-corrected chi connectivity index (χ3v) is 2.37. The molecule has 0 aliphatic rings. The average molecular weight is 183 g/mol. The van der Waals surface area contributed by atoms with Crippen LogP contribution in [-0.4, -0.2) is 15.0 Å². The number of nitrogens with one attached hydrogen (secondary N) is 1. The smallest absolute Gasteiger partial charge is 0.157 e. The highest BCUT2D eigenvalue weighted by Crippen LogP contribution is 2.17. The predicted octanol–water partition coefficient (Wildman–Crippen LogP) is 2.42. The molecular weight excluding hydrogens is 174 g/mol. The Morgan fingerprint density at radius 2 is 1.79 bits per heavy atom. The van der Waals surface area contributed by atoms with Crippen molar-refractivity contribution in [3.8, 4) is 0 Å². The summed E-state index contributed by atoms with van der Waals surface area (Å²) >= 11 is 0. The molecule has 0 aliphatic heterocycles. The van der Waals surface area contributed by atoms with Crippen LogP contribution in [0.2, 0.25) is 0 Å².